The van der Waals surface area contributed by atoms with Crippen molar-refractivity contribution in [3.63, 3.8) is 0 Å². The van der Waals surface area contributed by atoms with Gasteiger partial charge in [-0.15, -0.1) is 11.8 Å². The van der Waals surface area contributed by atoms with Crippen molar-refractivity contribution in [1.82, 2.24) is 10.2 Å². The average molecular weight is 348 g/mol. The molecule has 2 atom stereocenters. The van der Waals surface area contributed by atoms with Crippen molar-refractivity contribution in [1.29, 1.82) is 0 Å². The molecule has 0 radical (unpaired) electrons. The van der Waals surface area contributed by atoms with E-state index in [0.717, 1.165) is 5.56 Å². The van der Waals surface area contributed by atoms with Crippen molar-refractivity contribution in [2.45, 2.75) is 49.6 Å². The molecule has 0 bridgehead atoms. The maximum atomic E-state index is 13.0. The summed E-state index contributed by atoms with van der Waals surface area (Å²) in [5.41, 5.74) is -0.628. The second-order valence-electron chi connectivity index (χ2n) is 6.50. The smallest absolute Gasteiger partial charge is 0.355 e. The Morgan fingerprint density at radius 2 is 2.00 bits per heavy atom. The molecule has 0 spiro atoms. The predicted molar refractivity (Wildman–Crippen MR) is 89.7 cm³/mol. The van der Waals surface area contributed by atoms with Crippen LogP contribution < -0.4 is 5.32 Å². The van der Waals surface area contributed by atoms with Crippen molar-refractivity contribution in [2.75, 3.05) is 0 Å². The number of benzene rings is 1. The summed E-state index contributed by atoms with van der Waals surface area (Å²) >= 11 is 1.51. The quantitative estimate of drug-likeness (QED) is 0.661. The summed E-state index contributed by atoms with van der Waals surface area (Å²) in [5, 5.41) is 2.61. The molecule has 0 aromatic heterocycles. The van der Waals surface area contributed by atoms with Crippen LogP contribution in [-0.4, -0.2) is 38.5 Å². The molecular formula is C17H20N2O4S. The van der Waals surface area contributed by atoms with E-state index in [1.807, 2.05) is 44.2 Å². The Hall–Kier alpha value is -2.02. The van der Waals surface area contributed by atoms with Crippen LogP contribution in [0.5, 0.6) is 0 Å². The van der Waals surface area contributed by atoms with Gasteiger partial charge in [-0.3, -0.25) is 14.5 Å². The van der Waals surface area contributed by atoms with Gasteiger partial charge in [0.2, 0.25) is 17.5 Å². The van der Waals surface area contributed by atoms with Crippen molar-refractivity contribution in [2.24, 2.45) is 0 Å². The highest BCUT2D eigenvalue weighted by Crippen LogP contribution is 2.55. The van der Waals surface area contributed by atoms with Gasteiger partial charge in [-0.05, 0) is 19.4 Å². The molecule has 2 aliphatic heterocycles. The number of nitrogens with one attached hydrogen (secondary N) is 1. The lowest BCUT2D eigenvalue weighted by Gasteiger charge is -2.47. The first-order valence-electron chi connectivity index (χ1n) is 7.78. The number of esters is 1. The van der Waals surface area contributed by atoms with Gasteiger partial charge in [-0.1, -0.05) is 30.3 Å². The summed E-state index contributed by atoms with van der Waals surface area (Å²) in [6, 6.07) is 9.30. The first-order valence-corrected chi connectivity index (χ1v) is 8.66. The van der Waals surface area contributed by atoms with E-state index >= 15 is 0 Å². The number of amides is 2. The Kier molecular flexibility index (Phi) is 4.07. The van der Waals surface area contributed by atoms with Crippen molar-refractivity contribution >= 4 is 29.5 Å². The lowest BCUT2D eigenvalue weighted by Crippen LogP contribution is -2.75. The van der Waals surface area contributed by atoms with E-state index in [2.05, 4.69) is 5.32 Å². The monoisotopic (exact) mass is 348 g/mol. The number of hydrogen-bond acceptors (Lipinski definition) is 5. The van der Waals surface area contributed by atoms with Crippen LogP contribution in [0.2, 0.25) is 0 Å². The van der Waals surface area contributed by atoms with Crippen LogP contribution in [0.1, 0.15) is 32.8 Å². The van der Waals surface area contributed by atoms with E-state index in [0.29, 0.717) is 6.42 Å². The Morgan fingerprint density at radius 1 is 1.33 bits per heavy atom. The van der Waals surface area contributed by atoms with Crippen LogP contribution >= 0.6 is 11.8 Å². The summed E-state index contributed by atoms with van der Waals surface area (Å²) in [4.78, 5) is 38.4. The van der Waals surface area contributed by atoms with Crippen molar-refractivity contribution in [3.05, 3.63) is 35.9 Å². The van der Waals surface area contributed by atoms with Crippen LogP contribution in [0.25, 0.3) is 0 Å². The molecular weight excluding hydrogens is 328 g/mol. The fraction of sp³-hybridized carbons (Fsp3) is 0.471. The Balaban J connectivity index is 1.89. The van der Waals surface area contributed by atoms with Crippen LogP contribution in [0.15, 0.2) is 30.3 Å². The maximum absolute atomic E-state index is 13.0. The molecule has 128 valence electrons. The zero-order chi connectivity index (χ0) is 17.5. The highest BCUT2D eigenvalue weighted by Gasteiger charge is 2.70. The van der Waals surface area contributed by atoms with Crippen molar-refractivity contribution in [3.8, 4) is 0 Å². The molecule has 2 heterocycles. The second kappa shape index (κ2) is 5.81. The minimum absolute atomic E-state index is 0.0917. The fourth-order valence-corrected chi connectivity index (χ4v) is 4.98. The second-order valence-corrected chi connectivity index (χ2v) is 8.30. The third kappa shape index (κ3) is 2.47. The molecule has 2 saturated heterocycles. The Bertz CT molecular complexity index is 691. The zero-order valence-electron chi connectivity index (χ0n) is 13.9. The topological polar surface area (TPSA) is 75.7 Å². The van der Waals surface area contributed by atoms with Gasteiger partial charge >= 0.3 is 5.97 Å². The van der Waals surface area contributed by atoms with E-state index in [1.165, 1.54) is 23.6 Å². The first-order chi connectivity index (χ1) is 11.3. The number of hydrogen-bond donors (Lipinski definition) is 1. The number of thioether (sulfide) groups is 1. The summed E-state index contributed by atoms with van der Waals surface area (Å²) in [5.74, 6) is -1.13. The lowest BCUT2D eigenvalue weighted by molar-refractivity contribution is -0.178. The van der Waals surface area contributed by atoms with Crippen LogP contribution in [0.3, 0.4) is 0 Å². The number of ether oxygens (including phenoxy) is 1. The van der Waals surface area contributed by atoms with Gasteiger partial charge < -0.3 is 10.1 Å². The highest BCUT2D eigenvalue weighted by molar-refractivity contribution is 8.01. The van der Waals surface area contributed by atoms with E-state index < -0.39 is 16.4 Å². The molecule has 0 saturated carbocycles. The Morgan fingerprint density at radius 3 is 2.58 bits per heavy atom. The highest BCUT2D eigenvalue weighted by atomic mass is 32.2. The Labute approximate surface area is 144 Å². The molecule has 2 fully saturated rings. The van der Waals surface area contributed by atoms with E-state index in [9.17, 15) is 14.4 Å². The van der Waals surface area contributed by atoms with E-state index in [4.69, 9.17) is 4.74 Å². The zero-order valence-corrected chi connectivity index (χ0v) is 14.7. The molecule has 6 nitrogen and oxygen atoms in total. The van der Waals surface area contributed by atoms with E-state index in [-0.39, 0.29) is 23.8 Å². The van der Waals surface area contributed by atoms with Crippen LogP contribution in [0.4, 0.5) is 0 Å². The first kappa shape index (κ1) is 16.8. The average Bonchev–Trinajstić information content (AvgIpc) is 2.68. The predicted octanol–water partition coefficient (Wildman–Crippen LogP) is 1.65. The molecule has 1 aromatic carbocycles. The molecule has 24 heavy (non-hydrogen) atoms. The van der Waals surface area contributed by atoms with Gasteiger partial charge in [-0.25, -0.2) is 4.79 Å². The number of fused-ring (bicyclic) bond motifs is 1. The maximum Gasteiger partial charge on any atom is 0.355 e. The standard InChI is InChI=1S/C17H20N2O4S/c1-11(20)18-17(15(22)23-10-12-7-5-4-6-8-12)16(2,3)24-14-9-13(21)19(14)17/h4-8,14H,9-10H2,1-3H3,(H,18,20)/t14-,17?/m1/s1. The number of nitrogens with zero attached hydrogens (tertiary/aromatic N) is 1. The molecule has 1 unspecified atom stereocenters. The minimum Gasteiger partial charge on any atom is -0.458 e. The van der Waals surface area contributed by atoms with Crippen molar-refractivity contribution < 1.29 is 19.1 Å². The number of rotatable bonds is 4. The SMILES string of the molecule is CC(=O)NC1(C(=O)OCc2ccccc2)N2C(=O)C[C@H]2SC1(C)C. The molecule has 7 heteroatoms. The largest absolute Gasteiger partial charge is 0.458 e. The third-order valence-corrected chi connectivity index (χ3v) is 5.97. The summed E-state index contributed by atoms with van der Waals surface area (Å²) in [6.45, 7) is 5.13. The molecule has 2 aliphatic rings. The fourth-order valence-electron chi connectivity index (χ4n) is 3.29. The van der Waals surface area contributed by atoms with Gasteiger partial charge in [-0.2, -0.15) is 0 Å². The number of carbonyl (C=O) groups excluding carboxylic acids is 3. The molecule has 3 rings (SSSR count). The van der Waals surface area contributed by atoms with Crippen LogP contribution in [-0.2, 0) is 25.7 Å². The number of carbonyl (C=O) groups is 3. The van der Waals surface area contributed by atoms with Gasteiger partial charge in [0, 0.05) is 6.92 Å². The molecule has 1 aromatic rings. The van der Waals surface area contributed by atoms with Gasteiger partial charge in [0.15, 0.2) is 0 Å². The van der Waals surface area contributed by atoms with Gasteiger partial charge in [0.05, 0.1) is 16.5 Å². The van der Waals surface area contributed by atoms with Gasteiger partial charge in [0.25, 0.3) is 0 Å². The summed E-state index contributed by atoms with van der Waals surface area (Å²) in [7, 11) is 0. The summed E-state index contributed by atoms with van der Waals surface area (Å²) < 4.78 is 4.80. The molecule has 2 amide bonds. The molecule has 1 N–H and O–H groups in total. The van der Waals surface area contributed by atoms with Crippen LogP contribution in [0, 0.1) is 0 Å². The summed E-state index contributed by atoms with van der Waals surface area (Å²) in [6.07, 6.45) is 0.376. The normalized spacial score (nSPS) is 27.2. The van der Waals surface area contributed by atoms with Gasteiger partial charge in [0.1, 0.15) is 6.61 Å². The third-order valence-electron chi connectivity index (χ3n) is 4.43. The lowest BCUT2D eigenvalue weighted by atomic mass is 9.89. The molecule has 0 aliphatic carbocycles. The number of β-lactam (4-membered cyclic amide) rings is 1. The minimum atomic E-state index is -1.47. The van der Waals surface area contributed by atoms with E-state index in [1.54, 1.807) is 0 Å².